The van der Waals surface area contributed by atoms with Gasteiger partial charge in [-0.05, 0) is 55.7 Å². The van der Waals surface area contributed by atoms with Crippen LogP contribution in [0.3, 0.4) is 0 Å². The molecule has 8 heteroatoms. The fraction of sp³-hybridized carbons (Fsp3) is 0.250. The molecule has 0 bridgehead atoms. The van der Waals surface area contributed by atoms with Crippen LogP contribution in [-0.2, 0) is 0 Å². The van der Waals surface area contributed by atoms with E-state index in [9.17, 15) is 4.79 Å². The second-order valence-corrected chi connectivity index (χ2v) is 7.44. The van der Waals surface area contributed by atoms with Gasteiger partial charge in [0.05, 0.1) is 12.8 Å². The maximum Gasteiger partial charge on any atom is 0.323 e. The summed E-state index contributed by atoms with van der Waals surface area (Å²) in [4.78, 5) is 18.6. The number of nitrogens with zero attached hydrogens (tertiary/aromatic N) is 4. The van der Waals surface area contributed by atoms with Gasteiger partial charge >= 0.3 is 6.03 Å². The minimum absolute atomic E-state index is 0.150. The summed E-state index contributed by atoms with van der Waals surface area (Å²) in [7, 11) is 1.59. The SMILES string of the molecule is COc1ccc(Oc2cccc(C=C3CCN(C(=O)Nc4cccnn4)CC3)c2)c(C)n1. The molecule has 1 fully saturated rings. The molecule has 1 aliphatic heterocycles. The molecule has 164 valence electrons. The first kappa shape index (κ1) is 21.3. The first-order valence-corrected chi connectivity index (χ1v) is 10.4. The molecule has 0 spiro atoms. The lowest BCUT2D eigenvalue weighted by Gasteiger charge is -2.28. The number of pyridine rings is 1. The lowest BCUT2D eigenvalue weighted by atomic mass is 10.0. The Morgan fingerprint density at radius 3 is 2.69 bits per heavy atom. The van der Waals surface area contributed by atoms with Crippen LogP contribution in [0.15, 0.2) is 60.3 Å². The van der Waals surface area contributed by atoms with E-state index in [4.69, 9.17) is 9.47 Å². The monoisotopic (exact) mass is 431 g/mol. The molecule has 1 saturated heterocycles. The summed E-state index contributed by atoms with van der Waals surface area (Å²) in [6.45, 7) is 3.20. The lowest BCUT2D eigenvalue weighted by Crippen LogP contribution is -2.39. The summed E-state index contributed by atoms with van der Waals surface area (Å²) < 4.78 is 11.2. The van der Waals surface area contributed by atoms with Crippen molar-refractivity contribution in [3.05, 3.63) is 71.6 Å². The van der Waals surface area contributed by atoms with Crippen molar-refractivity contribution in [1.29, 1.82) is 0 Å². The van der Waals surface area contributed by atoms with Gasteiger partial charge in [0.15, 0.2) is 5.82 Å². The number of urea groups is 1. The van der Waals surface area contributed by atoms with Gasteiger partial charge in [-0.25, -0.2) is 9.78 Å². The van der Waals surface area contributed by atoms with Gasteiger partial charge < -0.3 is 14.4 Å². The maximum absolute atomic E-state index is 12.4. The normalized spacial score (nSPS) is 13.4. The summed E-state index contributed by atoms with van der Waals surface area (Å²) in [6.07, 6.45) is 5.38. The fourth-order valence-electron chi connectivity index (χ4n) is 3.48. The van der Waals surface area contributed by atoms with Crippen molar-refractivity contribution in [3.8, 4) is 17.4 Å². The Hall–Kier alpha value is -3.94. The Balaban J connectivity index is 1.36. The Labute approximate surface area is 186 Å². The molecule has 8 nitrogen and oxygen atoms in total. The van der Waals surface area contributed by atoms with E-state index in [-0.39, 0.29) is 6.03 Å². The van der Waals surface area contributed by atoms with Crippen LogP contribution < -0.4 is 14.8 Å². The first-order valence-electron chi connectivity index (χ1n) is 10.4. The fourth-order valence-corrected chi connectivity index (χ4v) is 3.48. The molecule has 1 aliphatic rings. The number of carbonyl (C=O) groups is 1. The number of hydrogen-bond acceptors (Lipinski definition) is 6. The number of anilines is 1. The summed E-state index contributed by atoms with van der Waals surface area (Å²) in [5, 5.41) is 10.5. The zero-order chi connectivity index (χ0) is 22.3. The predicted molar refractivity (Wildman–Crippen MR) is 122 cm³/mol. The van der Waals surface area contributed by atoms with Gasteiger partial charge in [-0.2, -0.15) is 5.10 Å². The highest BCUT2D eigenvalue weighted by Gasteiger charge is 2.19. The highest BCUT2D eigenvalue weighted by atomic mass is 16.5. The molecule has 2 aromatic heterocycles. The molecule has 4 rings (SSSR count). The third-order valence-electron chi connectivity index (χ3n) is 5.18. The number of methoxy groups -OCH3 is 1. The lowest BCUT2D eigenvalue weighted by molar-refractivity contribution is 0.207. The van der Waals surface area contributed by atoms with E-state index in [2.05, 4.69) is 26.6 Å². The summed E-state index contributed by atoms with van der Waals surface area (Å²) >= 11 is 0. The van der Waals surface area contributed by atoms with Crippen LogP contribution >= 0.6 is 0 Å². The van der Waals surface area contributed by atoms with Crippen LogP contribution in [0.5, 0.6) is 17.4 Å². The van der Waals surface area contributed by atoms with E-state index in [0.29, 0.717) is 30.5 Å². The quantitative estimate of drug-likeness (QED) is 0.630. The minimum atomic E-state index is -0.150. The van der Waals surface area contributed by atoms with Crippen LogP contribution in [-0.4, -0.2) is 46.3 Å². The number of hydrogen-bond donors (Lipinski definition) is 1. The van der Waals surface area contributed by atoms with E-state index in [1.807, 2.05) is 37.3 Å². The number of ether oxygens (including phenoxy) is 2. The van der Waals surface area contributed by atoms with Crippen molar-refractivity contribution >= 4 is 17.9 Å². The van der Waals surface area contributed by atoms with Crippen LogP contribution in [0.2, 0.25) is 0 Å². The number of rotatable bonds is 5. The van der Waals surface area contributed by atoms with Crippen LogP contribution in [0.4, 0.5) is 10.6 Å². The van der Waals surface area contributed by atoms with Crippen LogP contribution in [0.25, 0.3) is 6.08 Å². The number of piperidine rings is 1. The van der Waals surface area contributed by atoms with Crippen LogP contribution in [0.1, 0.15) is 24.1 Å². The van der Waals surface area contributed by atoms with Crippen molar-refractivity contribution in [2.75, 3.05) is 25.5 Å². The number of likely N-dealkylation sites (tertiary alicyclic amines) is 1. The van der Waals surface area contributed by atoms with Crippen molar-refractivity contribution in [2.45, 2.75) is 19.8 Å². The van der Waals surface area contributed by atoms with Gasteiger partial charge in [0.1, 0.15) is 11.5 Å². The Bertz CT molecular complexity index is 1110. The van der Waals surface area contributed by atoms with Crippen molar-refractivity contribution in [3.63, 3.8) is 0 Å². The molecule has 0 atom stereocenters. The zero-order valence-corrected chi connectivity index (χ0v) is 18.1. The van der Waals surface area contributed by atoms with Crippen molar-refractivity contribution in [1.82, 2.24) is 20.1 Å². The minimum Gasteiger partial charge on any atom is -0.481 e. The Kier molecular flexibility index (Phi) is 6.60. The van der Waals surface area contributed by atoms with E-state index < -0.39 is 0 Å². The number of benzene rings is 1. The molecule has 0 saturated carbocycles. The number of aryl methyl sites for hydroxylation is 1. The number of aromatic nitrogens is 3. The highest BCUT2D eigenvalue weighted by molar-refractivity contribution is 5.88. The topological polar surface area (TPSA) is 89.5 Å². The average Bonchev–Trinajstić information content (AvgIpc) is 2.82. The third-order valence-corrected chi connectivity index (χ3v) is 5.18. The van der Waals surface area contributed by atoms with Gasteiger partial charge in [0.2, 0.25) is 5.88 Å². The Morgan fingerprint density at radius 2 is 1.97 bits per heavy atom. The largest absolute Gasteiger partial charge is 0.481 e. The summed E-state index contributed by atoms with van der Waals surface area (Å²) in [5.74, 6) is 2.45. The number of carbonyl (C=O) groups excluding carboxylic acids is 1. The third kappa shape index (κ3) is 5.40. The second kappa shape index (κ2) is 9.91. The van der Waals surface area contributed by atoms with Crippen LogP contribution in [0, 0.1) is 6.92 Å². The molecule has 1 aromatic carbocycles. The highest BCUT2D eigenvalue weighted by Crippen LogP contribution is 2.28. The molecule has 3 aromatic rings. The van der Waals surface area contributed by atoms with Gasteiger partial charge in [-0.3, -0.25) is 5.32 Å². The van der Waals surface area contributed by atoms with E-state index in [1.54, 1.807) is 36.4 Å². The molecule has 1 N–H and O–H groups in total. The molecule has 3 heterocycles. The van der Waals surface area contributed by atoms with E-state index >= 15 is 0 Å². The van der Waals surface area contributed by atoms with E-state index in [0.717, 1.165) is 29.8 Å². The number of amides is 2. The Morgan fingerprint density at radius 1 is 1.12 bits per heavy atom. The van der Waals surface area contributed by atoms with Gasteiger partial charge in [-0.1, -0.05) is 23.8 Å². The molecule has 0 aliphatic carbocycles. The van der Waals surface area contributed by atoms with Crippen molar-refractivity contribution in [2.24, 2.45) is 0 Å². The number of nitrogens with one attached hydrogen (secondary N) is 1. The molecular weight excluding hydrogens is 406 g/mol. The zero-order valence-electron chi connectivity index (χ0n) is 18.1. The van der Waals surface area contributed by atoms with Crippen molar-refractivity contribution < 1.29 is 14.3 Å². The first-order chi connectivity index (χ1) is 15.6. The van der Waals surface area contributed by atoms with Gasteiger partial charge in [0, 0.05) is 25.4 Å². The molecule has 2 amide bonds. The van der Waals surface area contributed by atoms with Gasteiger partial charge in [-0.15, -0.1) is 5.10 Å². The van der Waals surface area contributed by atoms with Gasteiger partial charge in [0.25, 0.3) is 0 Å². The maximum atomic E-state index is 12.4. The predicted octanol–water partition coefficient (Wildman–Crippen LogP) is 4.69. The average molecular weight is 431 g/mol. The molecule has 32 heavy (non-hydrogen) atoms. The molecule has 0 radical (unpaired) electrons. The second-order valence-electron chi connectivity index (χ2n) is 7.44. The standard InChI is InChI=1S/C24H25N5O3/c1-17-21(8-9-23(26-17)31-2)32-20-6-3-5-19(16-20)15-18-10-13-29(14-11-18)24(30)27-22-7-4-12-25-28-22/h3-9,12,15-16H,10-11,13-14H2,1-2H3,(H,27,28,30). The molecule has 0 unspecified atom stereocenters. The smallest absolute Gasteiger partial charge is 0.323 e. The molecular formula is C24H25N5O3. The van der Waals surface area contributed by atoms with E-state index in [1.165, 1.54) is 5.57 Å². The summed E-state index contributed by atoms with van der Waals surface area (Å²) in [6, 6.07) is 14.9. The summed E-state index contributed by atoms with van der Waals surface area (Å²) in [5.41, 5.74) is 3.13.